The van der Waals surface area contributed by atoms with Crippen LogP contribution in [0.5, 0.6) is 0 Å². The highest BCUT2D eigenvalue weighted by atomic mass is 16.7. The molecule has 0 aliphatic carbocycles. The van der Waals surface area contributed by atoms with E-state index in [2.05, 4.69) is 6.92 Å². The van der Waals surface area contributed by atoms with Gasteiger partial charge >= 0.3 is 5.97 Å². The van der Waals surface area contributed by atoms with Crippen LogP contribution < -0.4 is 0 Å². The molecule has 1 atom stereocenters. The first kappa shape index (κ1) is 17.2. The number of carboxylic acid groups (broad SMARTS) is 1. The van der Waals surface area contributed by atoms with Crippen molar-refractivity contribution in [3.8, 4) is 0 Å². The molecule has 0 fully saturated rings. The van der Waals surface area contributed by atoms with Crippen LogP contribution in [0.25, 0.3) is 0 Å². The summed E-state index contributed by atoms with van der Waals surface area (Å²) in [5, 5.41) is 10.3. The second-order valence-corrected chi connectivity index (χ2v) is 5.00. The summed E-state index contributed by atoms with van der Waals surface area (Å²) in [7, 11) is 0. The third-order valence-electron chi connectivity index (χ3n) is 3.26. The quantitative estimate of drug-likeness (QED) is 0.387. The van der Waals surface area contributed by atoms with E-state index in [1.165, 1.54) is 0 Å². The average Bonchev–Trinajstić information content (AvgIpc) is 2.50. The lowest BCUT2D eigenvalue weighted by Crippen LogP contribution is -2.32. The molecule has 0 heterocycles. The summed E-state index contributed by atoms with van der Waals surface area (Å²) in [4.78, 5) is 27.6. The van der Waals surface area contributed by atoms with Gasteiger partial charge in [-0.15, -0.1) is 0 Å². The van der Waals surface area contributed by atoms with E-state index >= 15 is 0 Å². The maximum Gasteiger partial charge on any atom is 0.308 e. The number of hydroxylamine groups is 2. The van der Waals surface area contributed by atoms with Gasteiger partial charge in [-0.3, -0.25) is 14.4 Å². The van der Waals surface area contributed by atoms with E-state index in [9.17, 15) is 14.7 Å². The third-order valence-corrected chi connectivity index (χ3v) is 3.26. The zero-order valence-electron chi connectivity index (χ0n) is 12.4. The van der Waals surface area contributed by atoms with Crippen molar-refractivity contribution in [2.75, 3.05) is 6.54 Å². The summed E-state index contributed by atoms with van der Waals surface area (Å²) < 4.78 is 0. The normalized spacial score (nSPS) is 11.9. The highest BCUT2D eigenvalue weighted by molar-refractivity contribution is 5.70. The van der Waals surface area contributed by atoms with Crippen LogP contribution in [0.2, 0.25) is 0 Å². The maximum atomic E-state index is 11.2. The first-order chi connectivity index (χ1) is 10.2. The number of nitrogens with zero attached hydrogens (tertiary/aromatic N) is 1. The number of hydrogen-bond donors (Lipinski definition) is 1. The number of rotatable bonds is 11. The molecule has 0 aliphatic rings. The van der Waals surface area contributed by atoms with Gasteiger partial charge < -0.3 is 5.11 Å². The number of benzene rings is 1. The minimum Gasteiger partial charge on any atom is -0.481 e. The fourth-order valence-electron chi connectivity index (χ4n) is 2.01. The Morgan fingerprint density at radius 3 is 2.62 bits per heavy atom. The fourth-order valence-corrected chi connectivity index (χ4v) is 2.01. The summed E-state index contributed by atoms with van der Waals surface area (Å²) in [6.45, 7) is 2.40. The third kappa shape index (κ3) is 6.90. The van der Waals surface area contributed by atoms with Crippen molar-refractivity contribution in [2.24, 2.45) is 5.92 Å². The average molecular weight is 293 g/mol. The molecule has 1 N–H and O–H groups in total. The second kappa shape index (κ2) is 9.94. The summed E-state index contributed by atoms with van der Waals surface area (Å²) in [6.07, 6.45) is 3.98. The monoisotopic (exact) mass is 293 g/mol. The van der Waals surface area contributed by atoms with Gasteiger partial charge in [-0.2, -0.15) is 0 Å². The molecule has 5 heteroatoms. The van der Waals surface area contributed by atoms with Gasteiger partial charge in [-0.25, -0.2) is 5.06 Å². The Morgan fingerprint density at radius 2 is 2.05 bits per heavy atom. The molecule has 0 aliphatic heterocycles. The summed E-state index contributed by atoms with van der Waals surface area (Å²) in [5.41, 5.74) is 0.933. The number of unbranched alkanes of at least 4 members (excludes halogenated alkanes) is 2. The molecule has 21 heavy (non-hydrogen) atoms. The van der Waals surface area contributed by atoms with Crippen LogP contribution in [-0.4, -0.2) is 29.1 Å². The van der Waals surface area contributed by atoms with E-state index in [1.54, 1.807) is 0 Å². The van der Waals surface area contributed by atoms with Gasteiger partial charge in [0.15, 0.2) is 0 Å². The van der Waals surface area contributed by atoms with Gasteiger partial charge in [-0.05, 0) is 12.0 Å². The zero-order chi connectivity index (χ0) is 15.5. The van der Waals surface area contributed by atoms with Crippen molar-refractivity contribution in [1.29, 1.82) is 0 Å². The number of hydrogen-bond acceptors (Lipinski definition) is 3. The number of carboxylic acids is 1. The molecule has 0 aromatic heterocycles. The van der Waals surface area contributed by atoms with E-state index in [-0.39, 0.29) is 13.2 Å². The molecule has 0 bridgehead atoms. The Balaban J connectivity index is 2.46. The highest BCUT2D eigenvalue weighted by Gasteiger charge is 2.20. The van der Waals surface area contributed by atoms with Crippen molar-refractivity contribution in [1.82, 2.24) is 5.06 Å². The number of amides is 1. The van der Waals surface area contributed by atoms with E-state index in [4.69, 9.17) is 4.84 Å². The first-order valence-electron chi connectivity index (χ1n) is 7.29. The SMILES string of the molecule is CCCCC[C@H](CN(C=O)OCc1ccccc1)C(=O)O. The molecule has 0 saturated carbocycles. The summed E-state index contributed by atoms with van der Waals surface area (Å²) >= 11 is 0. The van der Waals surface area contributed by atoms with E-state index in [0.29, 0.717) is 12.8 Å². The minimum atomic E-state index is -0.888. The molecule has 0 radical (unpaired) electrons. The molecule has 0 unspecified atom stereocenters. The molecule has 1 amide bonds. The Bertz CT molecular complexity index is 422. The second-order valence-electron chi connectivity index (χ2n) is 5.00. The van der Waals surface area contributed by atoms with Crippen LogP contribution in [0.4, 0.5) is 0 Å². The van der Waals surface area contributed by atoms with Gasteiger partial charge in [0.2, 0.25) is 6.41 Å². The van der Waals surface area contributed by atoms with Crippen molar-refractivity contribution >= 4 is 12.4 Å². The van der Waals surface area contributed by atoms with Crippen molar-refractivity contribution < 1.29 is 19.5 Å². The number of carbonyl (C=O) groups excluding carboxylic acids is 1. The van der Waals surface area contributed by atoms with Crippen LogP contribution in [0, 0.1) is 5.92 Å². The molecule has 1 aromatic carbocycles. The first-order valence-corrected chi connectivity index (χ1v) is 7.29. The van der Waals surface area contributed by atoms with E-state index in [0.717, 1.165) is 29.9 Å². The minimum absolute atomic E-state index is 0.0788. The molecular weight excluding hydrogens is 270 g/mol. The standard InChI is InChI=1S/C16H23NO4/c1-2-3-5-10-15(16(19)20)11-17(13-18)21-12-14-8-6-4-7-9-14/h4,6-9,13,15H,2-3,5,10-12H2,1H3,(H,19,20)/t15-/m1/s1. The van der Waals surface area contributed by atoms with Gasteiger partial charge in [0.05, 0.1) is 12.5 Å². The Hall–Kier alpha value is -1.88. The van der Waals surface area contributed by atoms with Crippen LogP contribution in [0.3, 0.4) is 0 Å². The molecule has 1 aromatic rings. The molecule has 116 valence electrons. The highest BCUT2D eigenvalue weighted by Crippen LogP contribution is 2.13. The Kier molecular flexibility index (Phi) is 8.12. The van der Waals surface area contributed by atoms with Crippen molar-refractivity contribution in [3.63, 3.8) is 0 Å². The lowest BCUT2D eigenvalue weighted by Gasteiger charge is -2.21. The largest absolute Gasteiger partial charge is 0.481 e. The van der Waals surface area contributed by atoms with Crippen LogP contribution in [0.15, 0.2) is 30.3 Å². The number of carbonyl (C=O) groups is 2. The molecule has 0 spiro atoms. The van der Waals surface area contributed by atoms with E-state index < -0.39 is 11.9 Å². The summed E-state index contributed by atoms with van der Waals surface area (Å²) in [6, 6.07) is 9.44. The maximum absolute atomic E-state index is 11.2. The van der Waals surface area contributed by atoms with Crippen LogP contribution in [-0.2, 0) is 21.0 Å². The van der Waals surface area contributed by atoms with Crippen molar-refractivity contribution in [3.05, 3.63) is 35.9 Å². The number of aliphatic carboxylic acids is 1. The molecular formula is C16H23NO4. The molecule has 0 saturated heterocycles. The van der Waals surface area contributed by atoms with Crippen molar-refractivity contribution in [2.45, 2.75) is 39.2 Å². The smallest absolute Gasteiger partial charge is 0.308 e. The predicted octanol–water partition coefficient (Wildman–Crippen LogP) is 2.86. The fraction of sp³-hybridized carbons (Fsp3) is 0.500. The van der Waals surface area contributed by atoms with E-state index in [1.807, 2.05) is 30.3 Å². The molecule has 5 nitrogen and oxygen atoms in total. The van der Waals surface area contributed by atoms with Gasteiger partial charge in [0, 0.05) is 0 Å². The van der Waals surface area contributed by atoms with Gasteiger partial charge in [0.1, 0.15) is 6.61 Å². The topological polar surface area (TPSA) is 66.8 Å². The summed E-state index contributed by atoms with van der Waals surface area (Å²) in [5.74, 6) is -1.47. The Labute approximate surface area is 125 Å². The molecule has 1 rings (SSSR count). The lowest BCUT2D eigenvalue weighted by molar-refractivity contribution is -0.184. The lowest BCUT2D eigenvalue weighted by atomic mass is 10.0. The van der Waals surface area contributed by atoms with Gasteiger partial charge in [-0.1, -0.05) is 56.5 Å². The van der Waals surface area contributed by atoms with Gasteiger partial charge in [0.25, 0.3) is 0 Å². The zero-order valence-corrected chi connectivity index (χ0v) is 12.4. The Morgan fingerprint density at radius 1 is 1.33 bits per heavy atom. The predicted molar refractivity (Wildman–Crippen MR) is 79.3 cm³/mol. The van der Waals surface area contributed by atoms with Crippen LogP contribution >= 0.6 is 0 Å². The van der Waals surface area contributed by atoms with Crippen LogP contribution in [0.1, 0.15) is 38.2 Å².